The zero-order chi connectivity index (χ0) is 23.8. The number of ketones is 1. The minimum Gasteiger partial charge on any atom is -0.373 e. The molecule has 2 N–H and O–H groups in total. The van der Waals surface area contributed by atoms with Crippen LogP contribution in [0.3, 0.4) is 0 Å². The average molecular weight is 471 g/mol. The van der Waals surface area contributed by atoms with Crippen molar-refractivity contribution >= 4 is 41.0 Å². The van der Waals surface area contributed by atoms with Gasteiger partial charge in [-0.2, -0.15) is 0 Å². The summed E-state index contributed by atoms with van der Waals surface area (Å²) in [6, 6.07) is 9.41. The number of aliphatic hydroxyl groups is 1. The number of carbonyl (C=O) groups is 3. The summed E-state index contributed by atoms with van der Waals surface area (Å²) in [7, 11) is 0. The maximum absolute atomic E-state index is 13.5. The average Bonchev–Trinajstić information content (AvgIpc) is 3.33. The summed E-state index contributed by atoms with van der Waals surface area (Å²) in [6.07, 6.45) is 2.34. The van der Waals surface area contributed by atoms with Crippen LogP contribution in [0, 0.1) is 5.82 Å². The van der Waals surface area contributed by atoms with E-state index in [9.17, 15) is 23.9 Å². The minimum absolute atomic E-state index is 0.0222. The highest BCUT2D eigenvalue weighted by Crippen LogP contribution is 2.34. The van der Waals surface area contributed by atoms with Crippen molar-refractivity contribution in [1.29, 1.82) is 0 Å². The van der Waals surface area contributed by atoms with Gasteiger partial charge in [0.2, 0.25) is 11.5 Å². The Kier molecular flexibility index (Phi) is 6.36. The topological polar surface area (TPSA) is 86.7 Å². The number of benzene rings is 2. The number of halogens is 2. The van der Waals surface area contributed by atoms with Crippen molar-refractivity contribution in [3.05, 3.63) is 69.5 Å². The van der Waals surface area contributed by atoms with Crippen LogP contribution in [-0.2, 0) is 27.2 Å². The van der Waals surface area contributed by atoms with Gasteiger partial charge in [-0.05, 0) is 66.4 Å². The van der Waals surface area contributed by atoms with Gasteiger partial charge in [0.1, 0.15) is 5.82 Å². The molecule has 8 heteroatoms. The minimum atomic E-state index is -2.11. The molecule has 1 aliphatic heterocycles. The normalized spacial score (nSPS) is 19.5. The Morgan fingerprint density at radius 1 is 1.24 bits per heavy atom. The maximum atomic E-state index is 13.5. The Labute approximate surface area is 196 Å². The highest BCUT2D eigenvalue weighted by molar-refractivity contribution is 6.30. The molecule has 172 valence electrons. The van der Waals surface area contributed by atoms with E-state index < -0.39 is 23.1 Å². The third-order valence-corrected chi connectivity index (χ3v) is 6.32. The van der Waals surface area contributed by atoms with E-state index >= 15 is 0 Å². The number of likely N-dealkylation sites (N-methyl/N-ethyl adjacent to an activating group) is 1. The summed E-state index contributed by atoms with van der Waals surface area (Å²) in [5.41, 5.74) is 1.44. The lowest BCUT2D eigenvalue weighted by atomic mass is 9.92. The van der Waals surface area contributed by atoms with Gasteiger partial charge in [0, 0.05) is 48.6 Å². The maximum Gasteiger partial charge on any atom is 0.266 e. The molecule has 4 rings (SSSR count). The number of Topliss-reactive ketones (excluding diaryl/α,β-unsaturated/α-hetero) is 1. The first-order chi connectivity index (χ1) is 15.7. The second kappa shape index (κ2) is 9.08. The van der Waals surface area contributed by atoms with Crippen molar-refractivity contribution in [3.63, 3.8) is 0 Å². The number of amides is 2. The molecule has 1 fully saturated rings. The van der Waals surface area contributed by atoms with Crippen LogP contribution in [0.25, 0.3) is 6.08 Å². The quantitative estimate of drug-likeness (QED) is 0.608. The molecule has 0 spiro atoms. The van der Waals surface area contributed by atoms with Gasteiger partial charge in [-0.15, -0.1) is 0 Å². The van der Waals surface area contributed by atoms with Gasteiger partial charge < -0.3 is 15.3 Å². The van der Waals surface area contributed by atoms with Crippen LogP contribution >= 0.6 is 11.6 Å². The first-order valence-electron chi connectivity index (χ1n) is 10.9. The zero-order valence-electron chi connectivity index (χ0n) is 18.2. The van der Waals surface area contributed by atoms with E-state index in [2.05, 4.69) is 5.32 Å². The summed E-state index contributed by atoms with van der Waals surface area (Å²) in [5.74, 6) is -1.90. The van der Waals surface area contributed by atoms with Crippen LogP contribution in [0.5, 0.6) is 0 Å². The van der Waals surface area contributed by atoms with E-state index in [0.29, 0.717) is 29.8 Å². The molecular weight excluding hydrogens is 447 g/mol. The molecule has 2 aliphatic rings. The summed E-state index contributed by atoms with van der Waals surface area (Å²) in [4.78, 5) is 39.4. The zero-order valence-corrected chi connectivity index (χ0v) is 18.9. The largest absolute Gasteiger partial charge is 0.373 e. The van der Waals surface area contributed by atoms with Crippen molar-refractivity contribution in [2.24, 2.45) is 0 Å². The molecule has 2 aromatic carbocycles. The molecule has 0 bridgehead atoms. The summed E-state index contributed by atoms with van der Waals surface area (Å²) in [5, 5.41) is 13.9. The van der Waals surface area contributed by atoms with Gasteiger partial charge in [0.05, 0.1) is 0 Å². The fraction of sp³-hybridized carbons (Fsp3) is 0.320. The molecule has 1 saturated heterocycles. The molecule has 33 heavy (non-hydrogen) atoms. The van der Waals surface area contributed by atoms with E-state index in [1.165, 1.54) is 17.0 Å². The number of nitrogens with one attached hydrogen (secondary N) is 1. The highest BCUT2D eigenvalue weighted by atomic mass is 35.5. The van der Waals surface area contributed by atoms with Crippen LogP contribution in [-0.4, -0.2) is 41.4 Å². The number of hydrogen-bond acceptors (Lipinski definition) is 4. The molecular formula is C25H24ClFN2O4. The van der Waals surface area contributed by atoms with Crippen LogP contribution in [0.1, 0.15) is 36.5 Å². The molecule has 0 radical (unpaired) electrons. The summed E-state index contributed by atoms with van der Waals surface area (Å²) < 4.78 is 13.5. The molecule has 2 aromatic rings. The fourth-order valence-corrected chi connectivity index (χ4v) is 4.58. The number of carbonyl (C=O) groups excluding carboxylic acids is 3. The lowest BCUT2D eigenvalue weighted by molar-refractivity contribution is -0.147. The van der Waals surface area contributed by atoms with E-state index in [1.54, 1.807) is 24.3 Å². The SMILES string of the molecule is CCNC(=O)C1=Cc2cc(N3CC[C@](O)(C(=O)CCc4cc(F)cc(Cl)c4)C3=O)ccc2C1. The predicted molar refractivity (Wildman–Crippen MR) is 123 cm³/mol. The van der Waals surface area contributed by atoms with Gasteiger partial charge in [-0.25, -0.2) is 4.39 Å². The van der Waals surface area contributed by atoms with Crippen LogP contribution in [0.15, 0.2) is 42.0 Å². The molecule has 1 aliphatic carbocycles. The summed E-state index contributed by atoms with van der Waals surface area (Å²) in [6.45, 7) is 2.59. The standard InChI is InChI=1S/C25H24ClFN2O4/c1-2-28-23(31)18-11-16-4-5-21(13-17(16)12-18)29-8-7-25(33,24(29)32)22(30)6-3-15-9-19(26)14-20(27)10-15/h4-5,9-10,12-14,33H,2-3,6-8,11H2,1H3,(H,28,31)/t25-/m0/s1. The van der Waals surface area contributed by atoms with Crippen molar-refractivity contribution in [1.82, 2.24) is 5.32 Å². The first-order valence-corrected chi connectivity index (χ1v) is 11.2. The number of nitrogens with zero attached hydrogens (tertiary/aromatic N) is 1. The van der Waals surface area contributed by atoms with Crippen LogP contribution < -0.4 is 10.2 Å². The third kappa shape index (κ3) is 4.56. The van der Waals surface area contributed by atoms with Crippen molar-refractivity contribution in [2.45, 2.75) is 38.2 Å². The van der Waals surface area contributed by atoms with Crippen molar-refractivity contribution < 1.29 is 23.9 Å². The van der Waals surface area contributed by atoms with E-state index in [4.69, 9.17) is 11.6 Å². The predicted octanol–water partition coefficient (Wildman–Crippen LogP) is 3.22. The van der Waals surface area contributed by atoms with Gasteiger partial charge in [-0.3, -0.25) is 14.4 Å². The Bertz CT molecular complexity index is 1160. The second-order valence-corrected chi connectivity index (χ2v) is 8.79. The Balaban J connectivity index is 1.47. The number of anilines is 1. The first kappa shape index (κ1) is 23.1. The van der Waals surface area contributed by atoms with Gasteiger partial charge in [0.15, 0.2) is 5.78 Å². The number of aryl methyl sites for hydroxylation is 1. The van der Waals surface area contributed by atoms with E-state index in [-0.39, 0.29) is 36.7 Å². The number of rotatable bonds is 7. The Hall–Kier alpha value is -3.03. The fourth-order valence-electron chi connectivity index (χ4n) is 4.34. The molecule has 0 aromatic heterocycles. The molecule has 0 unspecified atom stereocenters. The highest BCUT2D eigenvalue weighted by Gasteiger charge is 2.50. The van der Waals surface area contributed by atoms with Crippen molar-refractivity contribution in [2.75, 3.05) is 18.0 Å². The smallest absolute Gasteiger partial charge is 0.266 e. The van der Waals surface area contributed by atoms with Crippen LogP contribution in [0.4, 0.5) is 10.1 Å². The van der Waals surface area contributed by atoms with Gasteiger partial charge >= 0.3 is 0 Å². The molecule has 6 nitrogen and oxygen atoms in total. The van der Waals surface area contributed by atoms with E-state index in [0.717, 1.165) is 11.1 Å². The lowest BCUT2D eigenvalue weighted by Gasteiger charge is -2.22. The monoisotopic (exact) mass is 470 g/mol. The second-order valence-electron chi connectivity index (χ2n) is 8.36. The number of hydrogen-bond donors (Lipinski definition) is 2. The van der Waals surface area contributed by atoms with E-state index in [1.807, 2.05) is 13.0 Å². The lowest BCUT2D eigenvalue weighted by Crippen LogP contribution is -2.47. The molecule has 0 saturated carbocycles. The Morgan fingerprint density at radius 3 is 2.76 bits per heavy atom. The van der Waals surface area contributed by atoms with Gasteiger partial charge in [-0.1, -0.05) is 17.7 Å². The van der Waals surface area contributed by atoms with Crippen LogP contribution in [0.2, 0.25) is 5.02 Å². The number of fused-ring (bicyclic) bond motifs is 1. The van der Waals surface area contributed by atoms with Crippen molar-refractivity contribution in [3.8, 4) is 0 Å². The Morgan fingerprint density at radius 2 is 2.03 bits per heavy atom. The molecule has 1 atom stereocenters. The molecule has 2 amide bonds. The van der Waals surface area contributed by atoms with Gasteiger partial charge in [0.25, 0.3) is 5.91 Å². The third-order valence-electron chi connectivity index (χ3n) is 6.10. The summed E-state index contributed by atoms with van der Waals surface area (Å²) >= 11 is 5.85. The molecule has 1 heterocycles.